The molecule has 0 aliphatic carbocycles. The van der Waals surface area contributed by atoms with Crippen molar-refractivity contribution in [3.63, 3.8) is 0 Å². The molecule has 0 unspecified atom stereocenters. The highest BCUT2D eigenvalue weighted by Crippen LogP contribution is 2.41. The monoisotopic (exact) mass is 292 g/mol. The van der Waals surface area contributed by atoms with Crippen molar-refractivity contribution in [3.05, 3.63) is 35.9 Å². The minimum atomic E-state index is -0.100. The fourth-order valence-corrected chi connectivity index (χ4v) is 2.93. The zero-order chi connectivity index (χ0) is 15.9. The zero-order valence-electron chi connectivity index (χ0n) is 13.8. The molecule has 0 saturated carbocycles. The molecule has 3 heteroatoms. The summed E-state index contributed by atoms with van der Waals surface area (Å²) in [5.74, 6) is 1.90. The maximum atomic E-state index is 9.24. The lowest BCUT2D eigenvalue weighted by molar-refractivity contribution is 0.253. The third-order valence-electron chi connectivity index (χ3n) is 4.16. The Hall–Kier alpha value is -1.48. The number of aliphatic hydroxyl groups is 1. The third kappa shape index (κ3) is 3.79. The molecule has 21 heavy (non-hydrogen) atoms. The first-order valence-electron chi connectivity index (χ1n) is 7.53. The van der Waals surface area contributed by atoms with E-state index >= 15 is 0 Å². The second kappa shape index (κ2) is 8.08. The number of hydrogen-bond acceptors (Lipinski definition) is 3. The van der Waals surface area contributed by atoms with Crippen molar-refractivity contribution in [3.8, 4) is 11.5 Å². The van der Waals surface area contributed by atoms with Crippen molar-refractivity contribution in [2.24, 2.45) is 5.92 Å². The summed E-state index contributed by atoms with van der Waals surface area (Å²) in [4.78, 5) is 0. The van der Waals surface area contributed by atoms with E-state index in [1.807, 2.05) is 13.0 Å². The number of ether oxygens (including phenoxy) is 2. The fourth-order valence-electron chi connectivity index (χ4n) is 2.93. The molecule has 1 N–H and O–H groups in total. The van der Waals surface area contributed by atoms with Crippen LogP contribution in [0.4, 0.5) is 0 Å². The third-order valence-corrected chi connectivity index (χ3v) is 4.16. The molecule has 0 aliphatic rings. The molecule has 1 aromatic rings. The van der Waals surface area contributed by atoms with Gasteiger partial charge in [-0.1, -0.05) is 32.1 Å². The Bertz CT molecular complexity index is 466. The lowest BCUT2D eigenvalue weighted by Crippen LogP contribution is -2.30. The van der Waals surface area contributed by atoms with E-state index in [9.17, 15) is 5.11 Å². The second-order valence-corrected chi connectivity index (χ2v) is 5.59. The number of rotatable bonds is 8. The van der Waals surface area contributed by atoms with E-state index in [0.29, 0.717) is 5.92 Å². The molecule has 0 aliphatic heterocycles. The first kappa shape index (κ1) is 17.6. The van der Waals surface area contributed by atoms with Gasteiger partial charge < -0.3 is 14.6 Å². The summed E-state index contributed by atoms with van der Waals surface area (Å²) in [5, 5.41) is 9.24. The average molecular weight is 292 g/mol. The van der Waals surface area contributed by atoms with Crippen LogP contribution < -0.4 is 9.47 Å². The Morgan fingerprint density at radius 1 is 1.19 bits per heavy atom. The summed E-state index contributed by atoms with van der Waals surface area (Å²) >= 11 is 0. The van der Waals surface area contributed by atoms with Crippen LogP contribution in [0.25, 0.3) is 0 Å². The van der Waals surface area contributed by atoms with Crippen LogP contribution in [-0.2, 0) is 5.41 Å². The molecule has 1 aromatic carbocycles. The van der Waals surface area contributed by atoms with Crippen LogP contribution in [0.2, 0.25) is 0 Å². The van der Waals surface area contributed by atoms with Gasteiger partial charge in [0.1, 0.15) is 0 Å². The van der Waals surface area contributed by atoms with Crippen molar-refractivity contribution in [2.75, 3.05) is 20.8 Å². The topological polar surface area (TPSA) is 38.7 Å². The number of allylic oxidation sites excluding steroid dienone is 2. The van der Waals surface area contributed by atoms with Gasteiger partial charge in [0.2, 0.25) is 0 Å². The van der Waals surface area contributed by atoms with Crippen molar-refractivity contribution in [2.45, 2.75) is 39.0 Å². The Balaban J connectivity index is 3.36. The van der Waals surface area contributed by atoms with Gasteiger partial charge in [0.15, 0.2) is 11.5 Å². The average Bonchev–Trinajstić information content (AvgIpc) is 2.50. The molecule has 118 valence electrons. The van der Waals surface area contributed by atoms with Crippen molar-refractivity contribution < 1.29 is 14.6 Å². The number of hydrogen-bond donors (Lipinski definition) is 1. The Labute approximate surface area is 128 Å². The lowest BCUT2D eigenvalue weighted by Gasteiger charge is -2.36. The Kier molecular flexibility index (Phi) is 6.76. The molecule has 0 fully saturated rings. The minimum absolute atomic E-state index is 0.100. The lowest BCUT2D eigenvalue weighted by atomic mass is 9.68. The van der Waals surface area contributed by atoms with Crippen LogP contribution in [-0.4, -0.2) is 25.9 Å². The maximum Gasteiger partial charge on any atom is 0.161 e. The van der Waals surface area contributed by atoms with E-state index in [-0.39, 0.29) is 12.0 Å². The highest BCUT2D eigenvalue weighted by Gasteiger charge is 2.33. The largest absolute Gasteiger partial charge is 0.493 e. The van der Waals surface area contributed by atoms with Gasteiger partial charge in [-0.2, -0.15) is 0 Å². The molecule has 0 spiro atoms. The van der Waals surface area contributed by atoms with Crippen LogP contribution in [0, 0.1) is 5.92 Å². The SMILES string of the molecule is C/C=C/[C@@](CCCO)(c1ccc(OC)c(OC)c1)C(C)C. The zero-order valence-corrected chi connectivity index (χ0v) is 13.8. The molecule has 0 saturated heterocycles. The summed E-state index contributed by atoms with van der Waals surface area (Å²) < 4.78 is 10.8. The normalized spacial score (nSPS) is 14.4. The van der Waals surface area contributed by atoms with E-state index in [1.54, 1.807) is 14.2 Å². The molecular formula is C18H28O3. The van der Waals surface area contributed by atoms with Gasteiger partial charge in [0.05, 0.1) is 14.2 Å². The van der Waals surface area contributed by atoms with Gasteiger partial charge in [-0.15, -0.1) is 0 Å². The van der Waals surface area contributed by atoms with Gasteiger partial charge in [-0.25, -0.2) is 0 Å². The molecular weight excluding hydrogens is 264 g/mol. The Morgan fingerprint density at radius 2 is 1.86 bits per heavy atom. The van der Waals surface area contributed by atoms with Crippen LogP contribution >= 0.6 is 0 Å². The molecule has 3 nitrogen and oxygen atoms in total. The predicted octanol–water partition coefficient (Wildman–Crippen LogP) is 3.95. The van der Waals surface area contributed by atoms with Crippen LogP contribution in [0.15, 0.2) is 30.4 Å². The first-order valence-corrected chi connectivity index (χ1v) is 7.53. The smallest absolute Gasteiger partial charge is 0.161 e. The summed E-state index contributed by atoms with van der Waals surface area (Å²) in [6.07, 6.45) is 6.01. The summed E-state index contributed by atoms with van der Waals surface area (Å²) in [7, 11) is 3.30. The van der Waals surface area contributed by atoms with Gasteiger partial charge in [-0.05, 0) is 43.4 Å². The predicted molar refractivity (Wildman–Crippen MR) is 87.2 cm³/mol. The van der Waals surface area contributed by atoms with Crippen LogP contribution in [0.3, 0.4) is 0 Å². The summed E-state index contributed by atoms with van der Waals surface area (Å²) in [5.41, 5.74) is 1.10. The molecule has 0 bridgehead atoms. The van der Waals surface area contributed by atoms with Crippen molar-refractivity contribution in [1.82, 2.24) is 0 Å². The van der Waals surface area contributed by atoms with Crippen molar-refractivity contribution >= 4 is 0 Å². The highest BCUT2D eigenvalue weighted by molar-refractivity contribution is 5.47. The number of aliphatic hydroxyl groups excluding tert-OH is 1. The molecule has 0 aromatic heterocycles. The van der Waals surface area contributed by atoms with Gasteiger partial charge in [0, 0.05) is 12.0 Å². The molecule has 1 atom stereocenters. The minimum Gasteiger partial charge on any atom is -0.493 e. The quantitative estimate of drug-likeness (QED) is 0.737. The van der Waals surface area contributed by atoms with Crippen LogP contribution in [0.5, 0.6) is 11.5 Å². The standard InChI is InChI=1S/C18H28O3/c1-6-10-18(14(2)3,11-7-12-19)15-8-9-16(20-4)17(13-15)21-5/h6,8-10,13-14,19H,7,11-12H2,1-5H3/b10-6+/t18-/m0/s1. The van der Waals surface area contributed by atoms with E-state index < -0.39 is 0 Å². The van der Waals surface area contributed by atoms with Gasteiger partial charge in [-0.3, -0.25) is 0 Å². The first-order chi connectivity index (χ1) is 10.1. The number of benzene rings is 1. The highest BCUT2D eigenvalue weighted by atomic mass is 16.5. The van der Waals surface area contributed by atoms with E-state index in [0.717, 1.165) is 24.3 Å². The molecule has 0 heterocycles. The Morgan fingerprint density at radius 3 is 2.33 bits per heavy atom. The summed E-state index contributed by atoms with van der Waals surface area (Å²) in [6.45, 7) is 6.68. The fraction of sp³-hybridized carbons (Fsp3) is 0.556. The van der Waals surface area contributed by atoms with Gasteiger partial charge >= 0.3 is 0 Å². The summed E-state index contributed by atoms with van der Waals surface area (Å²) in [6, 6.07) is 6.10. The van der Waals surface area contributed by atoms with E-state index in [1.165, 1.54) is 5.56 Å². The second-order valence-electron chi connectivity index (χ2n) is 5.59. The van der Waals surface area contributed by atoms with E-state index in [2.05, 4.69) is 38.1 Å². The molecule has 1 rings (SSSR count). The number of methoxy groups -OCH3 is 2. The van der Waals surface area contributed by atoms with Crippen LogP contribution in [0.1, 0.15) is 39.2 Å². The van der Waals surface area contributed by atoms with Gasteiger partial charge in [0.25, 0.3) is 0 Å². The maximum absolute atomic E-state index is 9.24. The van der Waals surface area contributed by atoms with E-state index in [4.69, 9.17) is 9.47 Å². The molecule has 0 radical (unpaired) electrons. The van der Waals surface area contributed by atoms with Crippen molar-refractivity contribution in [1.29, 1.82) is 0 Å². The molecule has 0 amide bonds.